The topological polar surface area (TPSA) is 49.4 Å². The molecular formula is C10H16N2O2. The Labute approximate surface area is 83.6 Å². The summed E-state index contributed by atoms with van der Waals surface area (Å²) in [7, 11) is 0. The van der Waals surface area contributed by atoms with E-state index in [4.69, 9.17) is 0 Å². The van der Waals surface area contributed by atoms with Gasteiger partial charge < -0.3 is 5.32 Å². The van der Waals surface area contributed by atoms with Crippen LogP contribution in [0.1, 0.15) is 39.5 Å². The van der Waals surface area contributed by atoms with E-state index in [1.165, 1.54) is 4.90 Å². The van der Waals surface area contributed by atoms with Crippen LogP contribution in [0.5, 0.6) is 0 Å². The SMILES string of the molecule is CC1(C)CC(=O)N(C2CCC2)C(=O)N1. The van der Waals surface area contributed by atoms with E-state index in [9.17, 15) is 9.59 Å². The van der Waals surface area contributed by atoms with Crippen molar-refractivity contribution in [2.24, 2.45) is 0 Å². The van der Waals surface area contributed by atoms with E-state index in [2.05, 4.69) is 5.32 Å². The molecule has 2 fully saturated rings. The van der Waals surface area contributed by atoms with Crippen molar-refractivity contribution >= 4 is 11.9 Å². The summed E-state index contributed by atoms with van der Waals surface area (Å²) in [5.74, 6) is -0.0246. The van der Waals surface area contributed by atoms with Gasteiger partial charge in [0.2, 0.25) is 5.91 Å². The third-order valence-corrected chi connectivity index (χ3v) is 2.97. The monoisotopic (exact) mass is 196 g/mol. The summed E-state index contributed by atoms with van der Waals surface area (Å²) >= 11 is 0. The van der Waals surface area contributed by atoms with Crippen molar-refractivity contribution in [1.29, 1.82) is 0 Å². The van der Waals surface area contributed by atoms with E-state index in [1.807, 2.05) is 13.8 Å². The van der Waals surface area contributed by atoms with Gasteiger partial charge in [0.05, 0.1) is 0 Å². The van der Waals surface area contributed by atoms with Gasteiger partial charge in [0.25, 0.3) is 0 Å². The highest BCUT2D eigenvalue weighted by Crippen LogP contribution is 2.29. The average molecular weight is 196 g/mol. The first kappa shape index (κ1) is 9.49. The van der Waals surface area contributed by atoms with Crippen LogP contribution < -0.4 is 5.32 Å². The lowest BCUT2D eigenvalue weighted by Crippen LogP contribution is -2.63. The minimum Gasteiger partial charge on any atom is -0.332 e. The quantitative estimate of drug-likeness (QED) is 0.686. The summed E-state index contributed by atoms with van der Waals surface area (Å²) in [5, 5.41) is 2.85. The third kappa shape index (κ3) is 1.49. The van der Waals surface area contributed by atoms with Crippen molar-refractivity contribution in [2.75, 3.05) is 0 Å². The van der Waals surface area contributed by atoms with Gasteiger partial charge in [-0.05, 0) is 33.1 Å². The molecule has 0 aromatic carbocycles. The Bertz CT molecular complexity index is 262. The number of imide groups is 1. The molecule has 0 spiro atoms. The van der Waals surface area contributed by atoms with E-state index in [1.54, 1.807) is 0 Å². The van der Waals surface area contributed by atoms with Crippen molar-refractivity contribution in [3.63, 3.8) is 0 Å². The molecule has 3 amide bonds. The fourth-order valence-electron chi connectivity index (χ4n) is 1.98. The smallest absolute Gasteiger partial charge is 0.324 e. The Balaban J connectivity index is 2.11. The molecule has 1 N–H and O–H groups in total. The van der Waals surface area contributed by atoms with E-state index in [0.717, 1.165) is 19.3 Å². The Kier molecular flexibility index (Phi) is 2.01. The largest absolute Gasteiger partial charge is 0.332 e. The fraction of sp³-hybridized carbons (Fsp3) is 0.800. The Hall–Kier alpha value is -1.06. The number of nitrogens with zero attached hydrogens (tertiary/aromatic N) is 1. The summed E-state index contributed by atoms with van der Waals surface area (Å²) in [5.41, 5.74) is -0.381. The van der Waals surface area contributed by atoms with Gasteiger partial charge in [-0.3, -0.25) is 9.69 Å². The van der Waals surface area contributed by atoms with Gasteiger partial charge >= 0.3 is 6.03 Å². The van der Waals surface area contributed by atoms with Crippen LogP contribution >= 0.6 is 0 Å². The van der Waals surface area contributed by atoms with Crippen LogP contribution in [0.3, 0.4) is 0 Å². The first-order valence-corrected chi connectivity index (χ1v) is 5.14. The molecule has 1 saturated heterocycles. The predicted octanol–water partition coefficient (Wildman–Crippen LogP) is 1.26. The summed E-state index contributed by atoms with van der Waals surface area (Å²) in [4.78, 5) is 24.8. The molecule has 0 aromatic rings. The number of amides is 3. The number of nitrogens with one attached hydrogen (secondary N) is 1. The molecule has 78 valence electrons. The summed E-state index contributed by atoms with van der Waals surface area (Å²) in [6.45, 7) is 3.75. The summed E-state index contributed by atoms with van der Waals surface area (Å²) in [6.07, 6.45) is 3.49. The van der Waals surface area contributed by atoms with Crippen molar-refractivity contribution in [3.05, 3.63) is 0 Å². The summed E-state index contributed by atoms with van der Waals surface area (Å²) in [6, 6.07) is -0.0467. The molecule has 0 radical (unpaired) electrons. The van der Waals surface area contributed by atoms with Crippen molar-refractivity contribution in [2.45, 2.75) is 51.1 Å². The van der Waals surface area contributed by atoms with E-state index >= 15 is 0 Å². The van der Waals surface area contributed by atoms with Crippen molar-refractivity contribution in [1.82, 2.24) is 10.2 Å². The zero-order valence-electron chi connectivity index (χ0n) is 8.67. The summed E-state index contributed by atoms with van der Waals surface area (Å²) < 4.78 is 0. The highest BCUT2D eigenvalue weighted by atomic mass is 16.2. The normalized spacial score (nSPS) is 27.1. The van der Waals surface area contributed by atoms with Crippen LogP contribution in [-0.4, -0.2) is 28.4 Å². The number of urea groups is 1. The highest BCUT2D eigenvalue weighted by molar-refractivity contribution is 5.98. The fourth-order valence-corrected chi connectivity index (χ4v) is 1.98. The lowest BCUT2D eigenvalue weighted by atomic mass is 9.89. The standard InChI is InChI=1S/C10H16N2O2/c1-10(2)6-8(13)12(9(14)11-10)7-4-3-5-7/h7H,3-6H2,1-2H3,(H,11,14). The average Bonchev–Trinajstić information content (AvgIpc) is 1.90. The van der Waals surface area contributed by atoms with Crippen LogP contribution in [0, 0.1) is 0 Å². The molecule has 4 nitrogen and oxygen atoms in total. The second-order valence-corrected chi connectivity index (χ2v) is 4.84. The molecule has 0 unspecified atom stereocenters. The molecule has 2 aliphatic rings. The van der Waals surface area contributed by atoms with Gasteiger partial charge in [-0.1, -0.05) is 0 Å². The number of carbonyl (C=O) groups excluding carboxylic acids is 2. The van der Waals surface area contributed by atoms with Crippen LogP contribution in [-0.2, 0) is 4.79 Å². The Morgan fingerprint density at radius 2 is 2.00 bits per heavy atom. The predicted molar refractivity (Wildman–Crippen MR) is 51.7 cm³/mol. The molecule has 1 saturated carbocycles. The minimum absolute atomic E-state index is 0.0246. The molecule has 0 bridgehead atoms. The molecule has 2 rings (SSSR count). The second kappa shape index (κ2) is 2.97. The molecule has 0 atom stereocenters. The first-order chi connectivity index (χ1) is 6.49. The van der Waals surface area contributed by atoms with E-state index in [0.29, 0.717) is 6.42 Å². The van der Waals surface area contributed by atoms with E-state index in [-0.39, 0.29) is 23.5 Å². The number of hydrogen-bond donors (Lipinski definition) is 1. The van der Waals surface area contributed by atoms with Crippen LogP contribution in [0.25, 0.3) is 0 Å². The van der Waals surface area contributed by atoms with Gasteiger partial charge in [0.15, 0.2) is 0 Å². The Morgan fingerprint density at radius 3 is 2.43 bits per heavy atom. The molecule has 4 heteroatoms. The first-order valence-electron chi connectivity index (χ1n) is 5.14. The van der Waals surface area contributed by atoms with Gasteiger partial charge in [-0.2, -0.15) is 0 Å². The molecule has 0 aromatic heterocycles. The maximum atomic E-state index is 11.7. The van der Waals surface area contributed by atoms with Crippen LogP contribution in [0.4, 0.5) is 4.79 Å². The van der Waals surface area contributed by atoms with Crippen molar-refractivity contribution in [3.8, 4) is 0 Å². The lowest BCUT2D eigenvalue weighted by molar-refractivity contribution is -0.134. The third-order valence-electron chi connectivity index (χ3n) is 2.97. The molecule has 1 aliphatic heterocycles. The highest BCUT2D eigenvalue weighted by Gasteiger charge is 2.41. The number of carbonyl (C=O) groups is 2. The molecule has 1 heterocycles. The van der Waals surface area contributed by atoms with Gasteiger partial charge in [-0.15, -0.1) is 0 Å². The van der Waals surface area contributed by atoms with Gasteiger partial charge in [0, 0.05) is 18.0 Å². The zero-order chi connectivity index (χ0) is 10.3. The number of hydrogen-bond acceptors (Lipinski definition) is 2. The van der Waals surface area contributed by atoms with Gasteiger partial charge in [-0.25, -0.2) is 4.79 Å². The maximum absolute atomic E-state index is 11.7. The zero-order valence-corrected chi connectivity index (χ0v) is 8.67. The van der Waals surface area contributed by atoms with Gasteiger partial charge in [0.1, 0.15) is 0 Å². The number of rotatable bonds is 1. The van der Waals surface area contributed by atoms with Crippen molar-refractivity contribution < 1.29 is 9.59 Å². The minimum atomic E-state index is -0.381. The molecule has 1 aliphatic carbocycles. The van der Waals surface area contributed by atoms with Crippen LogP contribution in [0.15, 0.2) is 0 Å². The Morgan fingerprint density at radius 1 is 1.36 bits per heavy atom. The second-order valence-electron chi connectivity index (χ2n) is 4.84. The molecular weight excluding hydrogens is 180 g/mol. The maximum Gasteiger partial charge on any atom is 0.324 e. The van der Waals surface area contributed by atoms with Crippen LogP contribution in [0.2, 0.25) is 0 Å². The molecule has 14 heavy (non-hydrogen) atoms. The lowest BCUT2D eigenvalue weighted by Gasteiger charge is -2.43. The van der Waals surface area contributed by atoms with E-state index < -0.39 is 0 Å².